The topological polar surface area (TPSA) is 101 Å². The number of hydrogen-bond donors (Lipinski definition) is 1. The first kappa shape index (κ1) is 20.4. The fourth-order valence-electron chi connectivity index (χ4n) is 5.83. The summed E-state index contributed by atoms with van der Waals surface area (Å²) in [6.45, 7) is 1.62. The maximum Gasteiger partial charge on any atom is 0.233 e. The van der Waals surface area contributed by atoms with Crippen LogP contribution < -0.4 is 4.74 Å². The standard InChI is InChI=1S/C25H23NO6/c1-11-8-18(28)22-17(23(11)29)10-16-13(6-7-15-21(16)25(31)26(2)24(15)30)20(22)14-5-4-12(27)9-19(14)32-3/h4-6,8-9,15-16,20-21,27H,7,10H2,1-3H3/t15-,16+,20+,21-/m0/s1. The molecule has 1 aliphatic heterocycles. The van der Waals surface area contributed by atoms with Gasteiger partial charge in [0.15, 0.2) is 11.6 Å². The Hall–Kier alpha value is -3.48. The number of carbonyl (C=O) groups is 4. The van der Waals surface area contributed by atoms with Crippen molar-refractivity contribution in [3.05, 3.63) is 58.2 Å². The van der Waals surface area contributed by atoms with E-state index in [1.165, 1.54) is 37.3 Å². The van der Waals surface area contributed by atoms with Crippen LogP contribution in [0.4, 0.5) is 0 Å². The molecule has 164 valence electrons. The summed E-state index contributed by atoms with van der Waals surface area (Å²) in [4.78, 5) is 53.2. The zero-order valence-corrected chi connectivity index (χ0v) is 18.0. The molecule has 0 unspecified atom stereocenters. The number of amides is 2. The predicted octanol–water partition coefficient (Wildman–Crippen LogP) is 2.46. The van der Waals surface area contributed by atoms with Crippen LogP contribution in [0.1, 0.15) is 31.2 Å². The van der Waals surface area contributed by atoms with E-state index in [1.54, 1.807) is 13.0 Å². The molecule has 1 aromatic carbocycles. The number of benzene rings is 1. The molecule has 0 aromatic heterocycles. The first-order valence-electron chi connectivity index (χ1n) is 10.6. The highest BCUT2D eigenvalue weighted by atomic mass is 16.5. The molecule has 7 heteroatoms. The predicted molar refractivity (Wildman–Crippen MR) is 114 cm³/mol. The monoisotopic (exact) mass is 433 g/mol. The van der Waals surface area contributed by atoms with Crippen LogP contribution in [0.2, 0.25) is 0 Å². The molecule has 5 rings (SSSR count). The maximum absolute atomic E-state index is 13.2. The van der Waals surface area contributed by atoms with Gasteiger partial charge in [-0.05, 0) is 37.8 Å². The number of Topliss-reactive ketones (excluding diaryl/α,β-unsaturated/α-hetero) is 1. The van der Waals surface area contributed by atoms with Crippen molar-refractivity contribution in [2.24, 2.45) is 17.8 Å². The summed E-state index contributed by atoms with van der Waals surface area (Å²) in [5.74, 6) is -2.41. The Kier molecular flexibility index (Phi) is 4.48. The summed E-state index contributed by atoms with van der Waals surface area (Å²) in [5, 5.41) is 9.95. The highest BCUT2D eigenvalue weighted by molar-refractivity contribution is 6.23. The summed E-state index contributed by atoms with van der Waals surface area (Å²) in [6.07, 6.45) is 3.98. The first-order valence-corrected chi connectivity index (χ1v) is 10.6. The molecule has 2 amide bonds. The van der Waals surface area contributed by atoms with Crippen LogP contribution in [0.25, 0.3) is 0 Å². The third kappa shape index (κ3) is 2.66. The van der Waals surface area contributed by atoms with Crippen LogP contribution in [0, 0.1) is 17.8 Å². The van der Waals surface area contributed by atoms with E-state index in [0.29, 0.717) is 34.5 Å². The van der Waals surface area contributed by atoms with Gasteiger partial charge in [0, 0.05) is 41.3 Å². The fourth-order valence-corrected chi connectivity index (χ4v) is 5.83. The number of phenols is 1. The molecule has 1 aromatic rings. The zero-order chi connectivity index (χ0) is 22.9. The van der Waals surface area contributed by atoms with Gasteiger partial charge in [0.1, 0.15) is 11.5 Å². The van der Waals surface area contributed by atoms with Crippen molar-refractivity contribution in [2.45, 2.75) is 25.7 Å². The summed E-state index contributed by atoms with van der Waals surface area (Å²) < 4.78 is 5.51. The van der Waals surface area contributed by atoms with Gasteiger partial charge < -0.3 is 9.84 Å². The van der Waals surface area contributed by atoms with E-state index in [0.717, 1.165) is 5.57 Å². The lowest BCUT2D eigenvalue weighted by molar-refractivity contribution is -0.138. The third-order valence-corrected chi connectivity index (χ3v) is 7.31. The summed E-state index contributed by atoms with van der Waals surface area (Å²) in [5.41, 5.74) is 2.69. The molecule has 1 fully saturated rings. The maximum atomic E-state index is 13.2. The number of rotatable bonds is 2. The van der Waals surface area contributed by atoms with Crippen LogP contribution in [0.5, 0.6) is 11.5 Å². The molecular formula is C25H23NO6. The highest BCUT2D eigenvalue weighted by Gasteiger charge is 2.55. The van der Waals surface area contributed by atoms with E-state index < -0.39 is 17.8 Å². The molecule has 32 heavy (non-hydrogen) atoms. The molecular weight excluding hydrogens is 410 g/mol. The second-order valence-corrected chi connectivity index (χ2v) is 8.89. The Morgan fingerprint density at radius 1 is 1.09 bits per heavy atom. The number of aromatic hydroxyl groups is 1. The Bertz CT molecular complexity index is 1200. The lowest BCUT2D eigenvalue weighted by Gasteiger charge is -2.42. The number of fused-ring (bicyclic) bond motifs is 3. The van der Waals surface area contributed by atoms with Crippen molar-refractivity contribution in [1.82, 2.24) is 4.90 Å². The summed E-state index contributed by atoms with van der Waals surface area (Å²) in [7, 11) is 2.98. The number of nitrogens with zero attached hydrogens (tertiary/aromatic N) is 1. The number of ketones is 2. The molecule has 4 atom stereocenters. The average Bonchev–Trinajstić information content (AvgIpc) is 3.00. The van der Waals surface area contributed by atoms with E-state index in [4.69, 9.17) is 4.74 Å². The SMILES string of the molecule is COc1cc(O)ccc1[C@H]1C2=CC[C@@H]3C(=O)N(C)C(=O)[C@@H]3[C@@H]2CC2=C1C(=O)C=C(C)C2=O. The number of carbonyl (C=O) groups excluding carboxylic acids is 4. The van der Waals surface area contributed by atoms with Gasteiger partial charge in [-0.25, -0.2) is 0 Å². The van der Waals surface area contributed by atoms with Gasteiger partial charge in [0.05, 0.1) is 18.9 Å². The van der Waals surface area contributed by atoms with Crippen LogP contribution in [0.15, 0.2) is 52.6 Å². The van der Waals surface area contributed by atoms with Gasteiger partial charge in [-0.1, -0.05) is 17.7 Å². The molecule has 1 saturated heterocycles. The van der Waals surface area contributed by atoms with Crippen LogP contribution in [-0.4, -0.2) is 47.5 Å². The second-order valence-electron chi connectivity index (χ2n) is 8.89. The van der Waals surface area contributed by atoms with E-state index in [1.807, 2.05) is 6.08 Å². The number of phenolic OH excluding ortho intramolecular Hbond substituents is 1. The van der Waals surface area contributed by atoms with E-state index in [2.05, 4.69) is 0 Å². The second kappa shape index (κ2) is 7.02. The molecule has 0 saturated carbocycles. The molecule has 1 N–H and O–H groups in total. The number of hydrogen-bond acceptors (Lipinski definition) is 6. The fraction of sp³-hybridized carbons (Fsp3) is 0.360. The molecule has 0 spiro atoms. The Balaban J connectivity index is 1.74. The van der Waals surface area contributed by atoms with Gasteiger partial charge in [0.2, 0.25) is 11.8 Å². The number of likely N-dealkylation sites (tertiary alicyclic amines) is 1. The minimum atomic E-state index is -0.588. The van der Waals surface area contributed by atoms with Crippen molar-refractivity contribution in [2.75, 3.05) is 14.2 Å². The van der Waals surface area contributed by atoms with Gasteiger partial charge in [-0.2, -0.15) is 0 Å². The van der Waals surface area contributed by atoms with E-state index in [-0.39, 0.29) is 41.5 Å². The van der Waals surface area contributed by atoms with Gasteiger partial charge in [-0.15, -0.1) is 0 Å². The quantitative estimate of drug-likeness (QED) is 0.437. The smallest absolute Gasteiger partial charge is 0.233 e. The summed E-state index contributed by atoms with van der Waals surface area (Å²) >= 11 is 0. The number of ether oxygens (including phenoxy) is 1. The van der Waals surface area contributed by atoms with Crippen molar-refractivity contribution in [3.8, 4) is 11.5 Å². The largest absolute Gasteiger partial charge is 0.508 e. The van der Waals surface area contributed by atoms with Crippen molar-refractivity contribution >= 4 is 23.4 Å². The molecule has 1 heterocycles. The van der Waals surface area contributed by atoms with E-state index >= 15 is 0 Å². The zero-order valence-electron chi connectivity index (χ0n) is 18.0. The molecule has 4 aliphatic rings. The normalized spacial score (nSPS) is 29.4. The van der Waals surface area contributed by atoms with Crippen LogP contribution >= 0.6 is 0 Å². The van der Waals surface area contributed by atoms with Crippen LogP contribution in [0.3, 0.4) is 0 Å². The lowest BCUT2D eigenvalue weighted by Crippen LogP contribution is -2.39. The highest BCUT2D eigenvalue weighted by Crippen LogP contribution is 2.56. The summed E-state index contributed by atoms with van der Waals surface area (Å²) in [6, 6.07) is 4.68. The van der Waals surface area contributed by atoms with Crippen LogP contribution in [-0.2, 0) is 19.2 Å². The van der Waals surface area contributed by atoms with Gasteiger partial charge in [-0.3, -0.25) is 24.1 Å². The third-order valence-electron chi connectivity index (χ3n) is 7.31. The van der Waals surface area contributed by atoms with Crippen molar-refractivity contribution in [3.63, 3.8) is 0 Å². The molecule has 3 aliphatic carbocycles. The molecule has 0 radical (unpaired) electrons. The molecule has 0 bridgehead atoms. The number of methoxy groups -OCH3 is 1. The van der Waals surface area contributed by atoms with Crippen molar-refractivity contribution < 1.29 is 29.0 Å². The van der Waals surface area contributed by atoms with E-state index in [9.17, 15) is 24.3 Å². The van der Waals surface area contributed by atoms with Gasteiger partial charge >= 0.3 is 0 Å². The first-order chi connectivity index (χ1) is 15.2. The minimum Gasteiger partial charge on any atom is -0.508 e. The number of allylic oxidation sites excluding steroid dienone is 6. The number of imide groups is 1. The Morgan fingerprint density at radius 3 is 2.56 bits per heavy atom. The molecule has 7 nitrogen and oxygen atoms in total. The average molecular weight is 433 g/mol. The van der Waals surface area contributed by atoms with Crippen molar-refractivity contribution in [1.29, 1.82) is 0 Å². The Morgan fingerprint density at radius 2 is 1.84 bits per heavy atom. The lowest BCUT2D eigenvalue weighted by atomic mass is 9.59. The Labute approximate surface area is 185 Å². The van der Waals surface area contributed by atoms with Gasteiger partial charge in [0.25, 0.3) is 0 Å². The minimum absolute atomic E-state index is 0.0184.